The Morgan fingerprint density at radius 2 is 2.00 bits per heavy atom. The van der Waals surface area contributed by atoms with Gasteiger partial charge in [-0.25, -0.2) is 4.99 Å². The minimum Gasteiger partial charge on any atom is -0.359 e. The summed E-state index contributed by atoms with van der Waals surface area (Å²) in [6.07, 6.45) is 2.21. The highest BCUT2D eigenvalue weighted by Gasteiger charge is 2.19. The summed E-state index contributed by atoms with van der Waals surface area (Å²) in [6.45, 7) is 6.19. The van der Waals surface area contributed by atoms with Gasteiger partial charge in [-0.2, -0.15) is 4.68 Å². The lowest BCUT2D eigenvalue weighted by molar-refractivity contribution is 0.330. The van der Waals surface area contributed by atoms with Gasteiger partial charge >= 0.3 is 0 Å². The van der Waals surface area contributed by atoms with Crippen LogP contribution in [-0.2, 0) is 11.8 Å². The Labute approximate surface area is 147 Å². The number of nitrogens with zero attached hydrogens (tertiary/aromatic N) is 6. The standard InChI is InChI=1S/C16H17BrN6O/c1-16(2,3)13-10-14(20-24-13)18-9-8-15-19-21-22-23(15)12-6-4-11(17)5-7-12/h4-7,9-10H,8H2,1-3H3. The van der Waals surface area contributed by atoms with E-state index in [9.17, 15) is 0 Å². The Morgan fingerprint density at radius 1 is 1.25 bits per heavy atom. The fourth-order valence-corrected chi connectivity index (χ4v) is 2.28. The van der Waals surface area contributed by atoms with Gasteiger partial charge in [0.1, 0.15) is 5.76 Å². The molecule has 0 radical (unpaired) electrons. The van der Waals surface area contributed by atoms with Gasteiger partial charge in [0.05, 0.1) is 5.69 Å². The molecule has 0 fully saturated rings. The number of rotatable bonds is 4. The van der Waals surface area contributed by atoms with Gasteiger partial charge < -0.3 is 4.52 Å². The van der Waals surface area contributed by atoms with Crippen molar-refractivity contribution in [3.63, 3.8) is 0 Å². The summed E-state index contributed by atoms with van der Waals surface area (Å²) in [5.74, 6) is 2.04. The van der Waals surface area contributed by atoms with E-state index in [4.69, 9.17) is 4.52 Å². The quantitative estimate of drug-likeness (QED) is 0.636. The second-order valence-electron chi connectivity index (χ2n) is 6.30. The Kier molecular flexibility index (Phi) is 4.57. The second kappa shape index (κ2) is 6.64. The van der Waals surface area contributed by atoms with E-state index < -0.39 is 0 Å². The van der Waals surface area contributed by atoms with E-state index in [0.29, 0.717) is 18.1 Å². The van der Waals surface area contributed by atoms with Crippen molar-refractivity contribution in [2.75, 3.05) is 0 Å². The van der Waals surface area contributed by atoms with Gasteiger partial charge in [-0.3, -0.25) is 0 Å². The van der Waals surface area contributed by atoms with Crippen molar-refractivity contribution in [3.8, 4) is 5.69 Å². The van der Waals surface area contributed by atoms with E-state index in [1.165, 1.54) is 0 Å². The number of halogens is 1. The molecule has 0 amide bonds. The van der Waals surface area contributed by atoms with E-state index >= 15 is 0 Å². The minimum atomic E-state index is -0.0908. The Hall–Kier alpha value is -2.35. The van der Waals surface area contributed by atoms with Gasteiger partial charge in [0, 0.05) is 28.6 Å². The van der Waals surface area contributed by atoms with Crippen LogP contribution >= 0.6 is 15.9 Å². The molecule has 3 rings (SSSR count). The van der Waals surface area contributed by atoms with Gasteiger partial charge in [0.2, 0.25) is 0 Å². The summed E-state index contributed by atoms with van der Waals surface area (Å²) in [5.41, 5.74) is 0.801. The van der Waals surface area contributed by atoms with Crippen LogP contribution in [0, 0.1) is 0 Å². The van der Waals surface area contributed by atoms with Crippen LogP contribution in [0.2, 0.25) is 0 Å². The summed E-state index contributed by atoms with van der Waals surface area (Å²) >= 11 is 3.41. The molecule has 8 heteroatoms. The molecule has 1 aromatic carbocycles. The van der Waals surface area contributed by atoms with Crippen molar-refractivity contribution in [2.24, 2.45) is 4.99 Å². The van der Waals surface area contributed by atoms with E-state index in [1.54, 1.807) is 10.9 Å². The third kappa shape index (κ3) is 3.76. The van der Waals surface area contributed by atoms with Crippen molar-refractivity contribution in [1.82, 2.24) is 25.4 Å². The van der Waals surface area contributed by atoms with Crippen molar-refractivity contribution in [2.45, 2.75) is 32.6 Å². The summed E-state index contributed by atoms with van der Waals surface area (Å²) in [4.78, 5) is 4.32. The SMILES string of the molecule is CC(C)(C)c1cc(N=CCc2nnnn2-c2ccc(Br)cc2)no1. The molecule has 0 unspecified atom stereocenters. The summed E-state index contributed by atoms with van der Waals surface area (Å²) in [7, 11) is 0. The van der Waals surface area contributed by atoms with E-state index in [1.807, 2.05) is 30.3 Å². The average molecular weight is 389 g/mol. The number of tetrazole rings is 1. The predicted octanol–water partition coefficient (Wildman–Crippen LogP) is 3.66. The number of hydrogen-bond acceptors (Lipinski definition) is 6. The summed E-state index contributed by atoms with van der Waals surface area (Å²) < 4.78 is 7.99. The van der Waals surface area contributed by atoms with Crippen LogP contribution in [0.1, 0.15) is 32.4 Å². The van der Waals surface area contributed by atoms with Crippen molar-refractivity contribution < 1.29 is 4.52 Å². The van der Waals surface area contributed by atoms with Crippen molar-refractivity contribution >= 4 is 28.0 Å². The molecule has 0 aliphatic rings. The molecule has 0 spiro atoms. The fourth-order valence-electron chi connectivity index (χ4n) is 2.02. The monoisotopic (exact) mass is 388 g/mol. The van der Waals surface area contributed by atoms with Crippen LogP contribution in [0.4, 0.5) is 5.82 Å². The van der Waals surface area contributed by atoms with Gasteiger partial charge in [-0.05, 0) is 34.7 Å². The Bertz CT molecular complexity index is 844. The molecular formula is C16H17BrN6O. The lowest BCUT2D eigenvalue weighted by atomic mass is 9.93. The molecule has 0 bridgehead atoms. The first-order valence-electron chi connectivity index (χ1n) is 7.46. The molecule has 2 aromatic heterocycles. The van der Waals surface area contributed by atoms with Crippen molar-refractivity contribution in [1.29, 1.82) is 0 Å². The van der Waals surface area contributed by atoms with Crippen molar-refractivity contribution in [3.05, 3.63) is 46.4 Å². The van der Waals surface area contributed by atoms with E-state index in [0.717, 1.165) is 15.9 Å². The summed E-state index contributed by atoms with van der Waals surface area (Å²) in [5, 5.41) is 15.8. The third-order valence-electron chi connectivity index (χ3n) is 3.34. The zero-order valence-corrected chi connectivity index (χ0v) is 15.2. The first-order valence-corrected chi connectivity index (χ1v) is 8.26. The molecule has 0 saturated carbocycles. The highest BCUT2D eigenvalue weighted by molar-refractivity contribution is 9.10. The van der Waals surface area contributed by atoms with Crippen LogP contribution in [0.15, 0.2) is 44.3 Å². The first-order chi connectivity index (χ1) is 11.4. The van der Waals surface area contributed by atoms with Gasteiger partial charge in [0.15, 0.2) is 11.6 Å². The molecule has 24 heavy (non-hydrogen) atoms. The number of benzene rings is 1. The van der Waals surface area contributed by atoms with Crippen LogP contribution in [-0.4, -0.2) is 31.6 Å². The highest BCUT2D eigenvalue weighted by Crippen LogP contribution is 2.25. The maximum atomic E-state index is 5.31. The molecule has 3 aromatic rings. The predicted molar refractivity (Wildman–Crippen MR) is 93.9 cm³/mol. The normalized spacial score (nSPS) is 12.2. The highest BCUT2D eigenvalue weighted by atomic mass is 79.9. The summed E-state index contributed by atoms with van der Waals surface area (Å²) in [6, 6.07) is 9.60. The number of aliphatic imine (C=N–C) groups is 1. The van der Waals surface area contributed by atoms with E-state index in [2.05, 4.69) is 62.4 Å². The third-order valence-corrected chi connectivity index (χ3v) is 3.87. The van der Waals surface area contributed by atoms with Gasteiger partial charge in [-0.15, -0.1) is 5.10 Å². The second-order valence-corrected chi connectivity index (χ2v) is 7.21. The molecule has 0 saturated heterocycles. The number of hydrogen-bond donors (Lipinski definition) is 0. The average Bonchev–Trinajstić information content (AvgIpc) is 3.17. The fraction of sp³-hybridized carbons (Fsp3) is 0.312. The maximum Gasteiger partial charge on any atom is 0.195 e. The van der Waals surface area contributed by atoms with Crippen LogP contribution in [0.3, 0.4) is 0 Å². The first kappa shape index (κ1) is 16.5. The maximum absolute atomic E-state index is 5.31. The lowest BCUT2D eigenvalue weighted by Crippen LogP contribution is -2.08. The zero-order valence-electron chi connectivity index (χ0n) is 13.6. The number of aromatic nitrogens is 5. The smallest absolute Gasteiger partial charge is 0.195 e. The molecule has 0 aliphatic heterocycles. The van der Waals surface area contributed by atoms with Crippen LogP contribution < -0.4 is 0 Å². The van der Waals surface area contributed by atoms with Crippen LogP contribution in [0.25, 0.3) is 5.69 Å². The molecule has 2 heterocycles. The van der Waals surface area contributed by atoms with Crippen LogP contribution in [0.5, 0.6) is 0 Å². The molecule has 0 aliphatic carbocycles. The molecule has 0 N–H and O–H groups in total. The zero-order chi connectivity index (χ0) is 17.2. The van der Waals surface area contributed by atoms with E-state index in [-0.39, 0.29) is 5.41 Å². The minimum absolute atomic E-state index is 0.0908. The Balaban J connectivity index is 1.73. The largest absolute Gasteiger partial charge is 0.359 e. The van der Waals surface area contributed by atoms with Gasteiger partial charge in [-0.1, -0.05) is 41.9 Å². The topological polar surface area (TPSA) is 82.0 Å². The molecular weight excluding hydrogens is 372 g/mol. The molecule has 124 valence electrons. The Morgan fingerprint density at radius 3 is 2.67 bits per heavy atom. The lowest BCUT2D eigenvalue weighted by Gasteiger charge is -2.11. The molecule has 7 nitrogen and oxygen atoms in total. The molecule has 0 atom stereocenters. The van der Waals surface area contributed by atoms with Gasteiger partial charge in [0.25, 0.3) is 0 Å².